The Balaban J connectivity index is 1.76. The van der Waals surface area contributed by atoms with Crippen LogP contribution in [0.5, 0.6) is 0 Å². The third kappa shape index (κ3) is 2.85. The maximum Gasteiger partial charge on any atom is 0.322 e. The molecule has 2 N–H and O–H groups in total. The molecule has 0 radical (unpaired) electrons. The number of thioether (sulfide) groups is 1. The number of urea groups is 1. The molecule has 0 unspecified atom stereocenters. The Kier molecular flexibility index (Phi) is 4.15. The van der Waals surface area contributed by atoms with Gasteiger partial charge in [-0.15, -0.1) is 11.8 Å². The van der Waals surface area contributed by atoms with Gasteiger partial charge >= 0.3 is 6.03 Å². The number of aromatic nitrogens is 2. The van der Waals surface area contributed by atoms with E-state index in [1.165, 1.54) is 6.33 Å². The van der Waals surface area contributed by atoms with Crippen LogP contribution in [0.25, 0.3) is 0 Å². The van der Waals surface area contributed by atoms with Crippen molar-refractivity contribution in [1.29, 1.82) is 0 Å². The van der Waals surface area contributed by atoms with Crippen LogP contribution in [0.3, 0.4) is 0 Å². The van der Waals surface area contributed by atoms with Gasteiger partial charge in [-0.25, -0.2) is 9.78 Å². The van der Waals surface area contributed by atoms with Crippen LogP contribution >= 0.6 is 11.8 Å². The minimum absolute atomic E-state index is 0.113. The lowest BCUT2D eigenvalue weighted by Crippen LogP contribution is -2.41. The summed E-state index contributed by atoms with van der Waals surface area (Å²) in [6, 6.07) is 7.50. The van der Waals surface area contributed by atoms with Crippen molar-refractivity contribution >= 4 is 23.5 Å². The van der Waals surface area contributed by atoms with E-state index in [4.69, 9.17) is 0 Å². The number of nitrogens with one attached hydrogen (secondary N) is 2. The van der Waals surface area contributed by atoms with E-state index in [0.29, 0.717) is 30.8 Å². The number of carbonyl (C=O) groups is 1. The number of aromatic amines is 1. The van der Waals surface area contributed by atoms with Crippen molar-refractivity contribution in [2.24, 2.45) is 0 Å². The number of rotatable bonds is 2. The van der Waals surface area contributed by atoms with Gasteiger partial charge in [0.05, 0.1) is 24.3 Å². The van der Waals surface area contributed by atoms with Crippen LogP contribution in [0.1, 0.15) is 11.3 Å². The predicted molar refractivity (Wildman–Crippen MR) is 86.2 cm³/mol. The first-order chi connectivity index (χ1) is 10.7. The number of nitrogens with zero attached hydrogens (tertiary/aromatic N) is 2. The number of anilines is 1. The lowest BCUT2D eigenvalue weighted by atomic mass is 10.1. The molecule has 2 aromatic rings. The summed E-state index contributed by atoms with van der Waals surface area (Å²) >= 11 is 1.58. The Labute approximate surface area is 132 Å². The fourth-order valence-corrected chi connectivity index (χ4v) is 3.03. The van der Waals surface area contributed by atoms with Crippen molar-refractivity contribution in [3.63, 3.8) is 0 Å². The second-order valence-electron chi connectivity index (χ2n) is 4.96. The highest BCUT2D eigenvalue weighted by Gasteiger charge is 2.23. The van der Waals surface area contributed by atoms with Gasteiger partial charge in [-0.3, -0.25) is 4.79 Å². The normalized spacial score (nSPS) is 13.6. The third-order valence-corrected chi connectivity index (χ3v) is 4.44. The van der Waals surface area contributed by atoms with Crippen molar-refractivity contribution in [3.8, 4) is 0 Å². The van der Waals surface area contributed by atoms with Crippen LogP contribution in [-0.4, -0.2) is 33.7 Å². The van der Waals surface area contributed by atoms with E-state index in [1.807, 2.05) is 30.5 Å². The number of hydrogen-bond donors (Lipinski definition) is 2. The quantitative estimate of drug-likeness (QED) is 0.832. The van der Waals surface area contributed by atoms with Crippen molar-refractivity contribution in [2.45, 2.75) is 17.9 Å². The highest BCUT2D eigenvalue weighted by molar-refractivity contribution is 7.98. The molecule has 0 bridgehead atoms. The minimum Gasteiger partial charge on any atom is -0.318 e. The topological polar surface area (TPSA) is 78.1 Å². The first-order valence-corrected chi connectivity index (χ1v) is 8.16. The summed E-state index contributed by atoms with van der Waals surface area (Å²) in [5.74, 6) is 0. The molecular weight excluding hydrogens is 300 g/mol. The second-order valence-corrected chi connectivity index (χ2v) is 5.81. The molecule has 1 aromatic carbocycles. The van der Waals surface area contributed by atoms with E-state index < -0.39 is 0 Å². The minimum atomic E-state index is -0.172. The molecule has 22 heavy (non-hydrogen) atoms. The lowest BCUT2D eigenvalue weighted by molar-refractivity contribution is 0.205. The van der Waals surface area contributed by atoms with E-state index in [2.05, 4.69) is 15.3 Å². The largest absolute Gasteiger partial charge is 0.322 e. The SMILES string of the molecule is CSc1ccccc1NC(=O)N1CCc2c(nc[nH]c2=O)C1. The summed E-state index contributed by atoms with van der Waals surface area (Å²) in [5.41, 5.74) is 2.03. The molecule has 114 valence electrons. The number of H-pyrrole nitrogens is 1. The number of carbonyl (C=O) groups excluding carboxylic acids is 1. The molecule has 2 amide bonds. The van der Waals surface area contributed by atoms with Gasteiger partial charge in [0.25, 0.3) is 5.56 Å². The van der Waals surface area contributed by atoms with Gasteiger partial charge in [0.1, 0.15) is 0 Å². The molecule has 0 saturated carbocycles. The van der Waals surface area contributed by atoms with Gasteiger partial charge in [-0.05, 0) is 24.8 Å². The zero-order valence-electron chi connectivity index (χ0n) is 12.1. The van der Waals surface area contributed by atoms with Crippen LogP contribution < -0.4 is 10.9 Å². The molecule has 1 aromatic heterocycles. The maximum atomic E-state index is 12.4. The highest BCUT2D eigenvalue weighted by Crippen LogP contribution is 2.25. The fourth-order valence-electron chi connectivity index (χ4n) is 2.48. The van der Waals surface area contributed by atoms with Gasteiger partial charge in [0.15, 0.2) is 0 Å². The predicted octanol–water partition coefficient (Wildman–Crippen LogP) is 2.08. The molecule has 0 atom stereocenters. The number of fused-ring (bicyclic) bond motifs is 1. The van der Waals surface area contributed by atoms with E-state index in [9.17, 15) is 9.59 Å². The number of hydrogen-bond acceptors (Lipinski definition) is 4. The summed E-state index contributed by atoms with van der Waals surface area (Å²) in [7, 11) is 0. The smallest absolute Gasteiger partial charge is 0.318 e. The molecule has 0 saturated heterocycles. The molecule has 0 aliphatic carbocycles. The molecule has 0 fully saturated rings. The average molecular weight is 316 g/mol. The summed E-state index contributed by atoms with van der Waals surface area (Å²) in [4.78, 5) is 33.6. The van der Waals surface area contributed by atoms with Gasteiger partial charge in [-0.2, -0.15) is 0 Å². The number of para-hydroxylation sites is 1. The van der Waals surface area contributed by atoms with Gasteiger partial charge in [0.2, 0.25) is 0 Å². The third-order valence-electron chi connectivity index (χ3n) is 3.65. The summed E-state index contributed by atoms with van der Waals surface area (Å²) in [6.07, 6.45) is 3.88. The standard InChI is InChI=1S/C15H16N4O2S/c1-22-13-5-3-2-4-11(13)18-15(21)19-7-6-10-12(8-19)16-9-17-14(10)20/h2-5,9H,6-8H2,1H3,(H,18,21)(H,16,17,20). The second kappa shape index (κ2) is 6.23. The lowest BCUT2D eigenvalue weighted by Gasteiger charge is -2.27. The van der Waals surface area contributed by atoms with E-state index in [-0.39, 0.29) is 11.6 Å². The highest BCUT2D eigenvalue weighted by atomic mass is 32.2. The fraction of sp³-hybridized carbons (Fsp3) is 0.267. The van der Waals surface area contributed by atoms with E-state index in [1.54, 1.807) is 16.7 Å². The molecule has 1 aliphatic heterocycles. The first kappa shape index (κ1) is 14.6. The summed E-state index contributed by atoms with van der Waals surface area (Å²) in [6.45, 7) is 0.863. The van der Waals surface area contributed by atoms with Crippen molar-refractivity contribution in [1.82, 2.24) is 14.9 Å². The van der Waals surface area contributed by atoms with Crippen molar-refractivity contribution in [2.75, 3.05) is 18.1 Å². The van der Waals surface area contributed by atoms with Gasteiger partial charge in [-0.1, -0.05) is 12.1 Å². The van der Waals surface area contributed by atoms with Gasteiger partial charge in [0, 0.05) is 17.0 Å². The van der Waals surface area contributed by atoms with Crippen molar-refractivity contribution in [3.05, 3.63) is 52.2 Å². The van der Waals surface area contributed by atoms with Crippen LogP contribution in [0.2, 0.25) is 0 Å². The van der Waals surface area contributed by atoms with Crippen LogP contribution in [-0.2, 0) is 13.0 Å². The Bertz CT molecular complexity index is 759. The molecule has 2 heterocycles. The molecule has 7 heteroatoms. The maximum absolute atomic E-state index is 12.4. The molecule has 6 nitrogen and oxygen atoms in total. The monoisotopic (exact) mass is 316 g/mol. The average Bonchev–Trinajstić information content (AvgIpc) is 2.55. The Hall–Kier alpha value is -2.28. The number of amides is 2. The summed E-state index contributed by atoms with van der Waals surface area (Å²) < 4.78 is 0. The Morgan fingerprint density at radius 1 is 1.41 bits per heavy atom. The zero-order chi connectivity index (χ0) is 15.5. The molecule has 0 spiro atoms. The number of benzene rings is 1. The molecule has 1 aliphatic rings. The first-order valence-electron chi connectivity index (χ1n) is 6.93. The zero-order valence-corrected chi connectivity index (χ0v) is 12.9. The summed E-state index contributed by atoms with van der Waals surface area (Å²) in [5, 5.41) is 2.93. The van der Waals surface area contributed by atoms with E-state index >= 15 is 0 Å². The van der Waals surface area contributed by atoms with Crippen LogP contribution in [0.15, 0.2) is 40.3 Å². The van der Waals surface area contributed by atoms with E-state index in [0.717, 1.165) is 10.6 Å². The Morgan fingerprint density at radius 2 is 2.23 bits per heavy atom. The Morgan fingerprint density at radius 3 is 3.05 bits per heavy atom. The molecular formula is C15H16N4O2S. The van der Waals surface area contributed by atoms with Crippen LogP contribution in [0, 0.1) is 0 Å². The molecule has 3 rings (SSSR count). The van der Waals surface area contributed by atoms with Gasteiger partial charge < -0.3 is 15.2 Å². The van der Waals surface area contributed by atoms with Crippen molar-refractivity contribution < 1.29 is 4.79 Å². The van der Waals surface area contributed by atoms with Crippen LogP contribution in [0.4, 0.5) is 10.5 Å².